The number of nitrogens with zero attached hydrogens (tertiary/aromatic N) is 4. The molecule has 0 radical (unpaired) electrons. The molecule has 0 spiro atoms. The van der Waals surface area contributed by atoms with Crippen LogP contribution in [0.3, 0.4) is 0 Å². The molecule has 1 atom stereocenters. The molecule has 0 bridgehead atoms. The molecule has 1 heterocycles. The van der Waals surface area contributed by atoms with E-state index in [1.165, 1.54) is 25.7 Å². The standard InChI is InChI=1S/C18H34N6O.HI/c1-4-7-15(10-11-25)12-19-18(21-16-8-5-6-9-16)20-13-17-23-22-14(2)24(17)3;/h15-16,25H,4-13H2,1-3H3,(H2,19,20,21);1H. The number of aliphatic hydroxyl groups is 1. The summed E-state index contributed by atoms with van der Waals surface area (Å²) in [5, 5.41) is 24.6. The zero-order valence-electron chi connectivity index (χ0n) is 16.4. The second-order valence-electron chi connectivity index (χ2n) is 7.06. The van der Waals surface area contributed by atoms with E-state index in [-0.39, 0.29) is 30.6 Å². The van der Waals surface area contributed by atoms with Crippen molar-refractivity contribution in [3.8, 4) is 0 Å². The number of aromatic nitrogens is 3. The van der Waals surface area contributed by atoms with Crippen LogP contribution in [-0.4, -0.2) is 45.0 Å². The maximum absolute atomic E-state index is 9.25. The first kappa shape index (κ1) is 23.1. The highest BCUT2D eigenvalue weighted by atomic mass is 127. The van der Waals surface area contributed by atoms with Crippen LogP contribution in [-0.2, 0) is 13.6 Å². The smallest absolute Gasteiger partial charge is 0.191 e. The van der Waals surface area contributed by atoms with Crippen LogP contribution in [0.5, 0.6) is 0 Å². The molecule has 8 heteroatoms. The molecule has 2 rings (SSSR count). The maximum Gasteiger partial charge on any atom is 0.191 e. The molecule has 0 saturated heterocycles. The van der Waals surface area contributed by atoms with E-state index in [9.17, 15) is 5.11 Å². The lowest BCUT2D eigenvalue weighted by atomic mass is 10.0. The number of rotatable bonds is 9. The number of aliphatic imine (C=N–C) groups is 1. The second kappa shape index (κ2) is 12.5. The molecule has 1 unspecified atom stereocenters. The first-order chi connectivity index (χ1) is 12.1. The molecule has 7 nitrogen and oxygen atoms in total. The third-order valence-corrected chi connectivity index (χ3v) is 5.05. The van der Waals surface area contributed by atoms with E-state index in [1.54, 1.807) is 0 Å². The Hall–Kier alpha value is -0.900. The van der Waals surface area contributed by atoms with Crippen LogP contribution in [0, 0.1) is 12.8 Å². The molecule has 1 aliphatic rings. The summed E-state index contributed by atoms with van der Waals surface area (Å²) in [6.45, 7) is 5.72. The van der Waals surface area contributed by atoms with Gasteiger partial charge in [-0.1, -0.05) is 26.2 Å². The normalized spacial score (nSPS) is 16.4. The quantitative estimate of drug-likeness (QED) is 0.289. The van der Waals surface area contributed by atoms with Crippen molar-refractivity contribution in [2.24, 2.45) is 18.0 Å². The van der Waals surface area contributed by atoms with Crippen LogP contribution >= 0.6 is 24.0 Å². The van der Waals surface area contributed by atoms with Crippen LogP contribution in [0.15, 0.2) is 4.99 Å². The van der Waals surface area contributed by atoms with E-state index >= 15 is 0 Å². The second-order valence-corrected chi connectivity index (χ2v) is 7.06. The minimum Gasteiger partial charge on any atom is -0.396 e. The Labute approximate surface area is 174 Å². The summed E-state index contributed by atoms with van der Waals surface area (Å²) in [6, 6.07) is 0.509. The van der Waals surface area contributed by atoms with Crippen molar-refractivity contribution in [1.29, 1.82) is 0 Å². The molecule has 0 aromatic carbocycles. The highest BCUT2D eigenvalue weighted by Gasteiger charge is 2.17. The van der Waals surface area contributed by atoms with Crippen molar-refractivity contribution >= 4 is 29.9 Å². The van der Waals surface area contributed by atoms with Crippen LogP contribution in [0.1, 0.15) is 63.5 Å². The molecular weight excluding hydrogens is 443 g/mol. The third kappa shape index (κ3) is 7.38. The van der Waals surface area contributed by atoms with E-state index in [2.05, 4.69) is 27.8 Å². The number of nitrogens with one attached hydrogen (secondary N) is 2. The largest absolute Gasteiger partial charge is 0.396 e. The van der Waals surface area contributed by atoms with Gasteiger partial charge < -0.3 is 20.3 Å². The van der Waals surface area contributed by atoms with E-state index < -0.39 is 0 Å². The molecule has 1 saturated carbocycles. The third-order valence-electron chi connectivity index (χ3n) is 5.05. The Balaban J connectivity index is 0.00000338. The first-order valence-corrected chi connectivity index (χ1v) is 9.64. The molecule has 1 aromatic heterocycles. The van der Waals surface area contributed by atoms with Gasteiger partial charge in [0.05, 0.1) is 0 Å². The van der Waals surface area contributed by atoms with Gasteiger partial charge in [0, 0.05) is 26.2 Å². The monoisotopic (exact) mass is 478 g/mol. The lowest BCUT2D eigenvalue weighted by molar-refractivity contribution is 0.251. The van der Waals surface area contributed by atoms with E-state index in [0.717, 1.165) is 43.4 Å². The minimum absolute atomic E-state index is 0. The molecule has 0 amide bonds. The first-order valence-electron chi connectivity index (χ1n) is 9.64. The van der Waals surface area contributed by atoms with Gasteiger partial charge in [-0.05, 0) is 38.5 Å². The Morgan fingerprint density at radius 3 is 2.62 bits per heavy atom. The summed E-state index contributed by atoms with van der Waals surface area (Å²) in [7, 11) is 1.97. The lowest BCUT2D eigenvalue weighted by Gasteiger charge is -2.21. The summed E-state index contributed by atoms with van der Waals surface area (Å²) in [6.07, 6.45) is 8.07. The zero-order valence-corrected chi connectivity index (χ0v) is 18.7. The Kier molecular flexibility index (Phi) is 11.1. The molecule has 0 aliphatic heterocycles. The number of guanidine groups is 1. The maximum atomic E-state index is 9.25. The zero-order chi connectivity index (χ0) is 18.1. The molecule has 1 fully saturated rings. The molecule has 150 valence electrons. The van der Waals surface area contributed by atoms with Crippen molar-refractivity contribution in [3.63, 3.8) is 0 Å². The van der Waals surface area contributed by atoms with Gasteiger partial charge in [0.1, 0.15) is 12.4 Å². The van der Waals surface area contributed by atoms with Gasteiger partial charge >= 0.3 is 0 Å². The Bertz CT molecular complexity index is 536. The van der Waals surface area contributed by atoms with Crippen molar-refractivity contribution in [3.05, 3.63) is 11.6 Å². The summed E-state index contributed by atoms with van der Waals surface area (Å²) >= 11 is 0. The van der Waals surface area contributed by atoms with Gasteiger partial charge in [-0.3, -0.25) is 0 Å². The summed E-state index contributed by atoms with van der Waals surface area (Å²) < 4.78 is 1.97. The van der Waals surface area contributed by atoms with E-state index in [1.807, 2.05) is 18.5 Å². The molecule has 26 heavy (non-hydrogen) atoms. The minimum atomic E-state index is 0. The summed E-state index contributed by atoms with van der Waals surface area (Å²) in [5.41, 5.74) is 0. The predicted octanol–water partition coefficient (Wildman–Crippen LogP) is 2.52. The fourth-order valence-corrected chi connectivity index (χ4v) is 3.33. The van der Waals surface area contributed by atoms with Gasteiger partial charge in [0.2, 0.25) is 0 Å². The van der Waals surface area contributed by atoms with Gasteiger partial charge in [0.15, 0.2) is 11.8 Å². The average molecular weight is 478 g/mol. The lowest BCUT2D eigenvalue weighted by Crippen LogP contribution is -2.44. The number of aryl methyl sites for hydroxylation is 1. The molecule has 3 N–H and O–H groups in total. The van der Waals surface area contributed by atoms with Gasteiger partial charge in [-0.25, -0.2) is 4.99 Å². The number of aliphatic hydroxyl groups excluding tert-OH is 1. The van der Waals surface area contributed by atoms with Gasteiger partial charge in [-0.2, -0.15) is 0 Å². The fraction of sp³-hybridized carbons (Fsp3) is 0.833. The van der Waals surface area contributed by atoms with Crippen molar-refractivity contribution in [2.45, 2.75) is 71.4 Å². The predicted molar refractivity (Wildman–Crippen MR) is 116 cm³/mol. The average Bonchev–Trinajstić information content (AvgIpc) is 3.22. The van der Waals surface area contributed by atoms with Crippen molar-refractivity contribution in [1.82, 2.24) is 25.4 Å². The van der Waals surface area contributed by atoms with Crippen molar-refractivity contribution < 1.29 is 5.11 Å². The topological polar surface area (TPSA) is 87.4 Å². The fourth-order valence-electron chi connectivity index (χ4n) is 3.33. The van der Waals surface area contributed by atoms with Gasteiger partial charge in [0.25, 0.3) is 0 Å². The number of hydrogen-bond donors (Lipinski definition) is 3. The highest BCUT2D eigenvalue weighted by molar-refractivity contribution is 14.0. The molecule has 1 aromatic rings. The Morgan fingerprint density at radius 2 is 2.04 bits per heavy atom. The summed E-state index contributed by atoms with van der Waals surface area (Å²) in [5.74, 6) is 3.09. The highest BCUT2D eigenvalue weighted by Crippen LogP contribution is 2.17. The van der Waals surface area contributed by atoms with Crippen LogP contribution < -0.4 is 10.6 Å². The number of hydrogen-bond acceptors (Lipinski definition) is 4. The van der Waals surface area contributed by atoms with Crippen LogP contribution in [0.25, 0.3) is 0 Å². The van der Waals surface area contributed by atoms with Crippen LogP contribution in [0.4, 0.5) is 0 Å². The molecule has 1 aliphatic carbocycles. The van der Waals surface area contributed by atoms with E-state index in [0.29, 0.717) is 18.5 Å². The number of halogens is 1. The van der Waals surface area contributed by atoms with Crippen LogP contribution in [0.2, 0.25) is 0 Å². The van der Waals surface area contributed by atoms with E-state index in [4.69, 9.17) is 4.99 Å². The molecular formula is C18H35IN6O. The van der Waals surface area contributed by atoms with Crippen molar-refractivity contribution in [2.75, 3.05) is 13.2 Å². The SMILES string of the molecule is CCCC(CCO)CNC(=NCc1nnc(C)n1C)NC1CCCC1.I. The van der Waals surface area contributed by atoms with Gasteiger partial charge in [-0.15, -0.1) is 34.2 Å². The summed E-state index contributed by atoms with van der Waals surface area (Å²) in [4.78, 5) is 4.73. The Morgan fingerprint density at radius 1 is 1.31 bits per heavy atom.